The normalized spacial score (nSPS) is 14.6. The van der Waals surface area contributed by atoms with Gasteiger partial charge in [-0.25, -0.2) is 0 Å². The maximum atomic E-state index is 11.7. The van der Waals surface area contributed by atoms with Crippen LogP contribution in [0.4, 0.5) is 0 Å². The number of nitrogens with one attached hydrogen (secondary N) is 1. The Hall–Kier alpha value is -1.90. The molecule has 1 N–H and O–H groups in total. The van der Waals surface area contributed by atoms with Crippen molar-refractivity contribution in [3.8, 4) is 11.3 Å². The van der Waals surface area contributed by atoms with Crippen molar-refractivity contribution in [2.45, 2.75) is 46.5 Å². The van der Waals surface area contributed by atoms with Crippen molar-refractivity contribution in [2.75, 3.05) is 0 Å². The summed E-state index contributed by atoms with van der Waals surface area (Å²) in [5, 5.41) is 7.69. The highest BCUT2D eigenvalue weighted by molar-refractivity contribution is 5.97. The third-order valence-electron chi connectivity index (χ3n) is 4.24. The van der Waals surface area contributed by atoms with E-state index in [0.717, 1.165) is 22.4 Å². The number of nitrogens with zero attached hydrogens (tertiary/aromatic N) is 1. The molecule has 3 rings (SSSR count). The van der Waals surface area contributed by atoms with Gasteiger partial charge >= 0.3 is 0 Å². The highest BCUT2D eigenvalue weighted by Gasteiger charge is 2.28. The number of aromatic nitrogens is 2. The van der Waals surface area contributed by atoms with Crippen LogP contribution < -0.4 is 0 Å². The molecule has 0 saturated heterocycles. The summed E-state index contributed by atoms with van der Waals surface area (Å²) in [5.41, 5.74) is 7.56. The Kier molecular flexibility index (Phi) is 3.00. The van der Waals surface area contributed by atoms with E-state index in [-0.39, 0.29) is 5.78 Å². The molecule has 0 radical (unpaired) electrons. The molecule has 1 aromatic heterocycles. The van der Waals surface area contributed by atoms with Gasteiger partial charge in [0.2, 0.25) is 0 Å². The van der Waals surface area contributed by atoms with Gasteiger partial charge in [0.15, 0.2) is 5.78 Å². The van der Waals surface area contributed by atoms with Crippen LogP contribution in [0, 0.1) is 20.8 Å². The predicted molar refractivity (Wildman–Crippen MR) is 80.2 cm³/mol. The zero-order chi connectivity index (χ0) is 14.4. The summed E-state index contributed by atoms with van der Waals surface area (Å²) < 4.78 is 0. The van der Waals surface area contributed by atoms with E-state index in [9.17, 15) is 4.79 Å². The standard InChI is InChI=1S/C17H20N2O/c1-9-7-10(2)15(8-14(9)12(4)20)17-11(3)16(18-19-17)13-5-6-13/h7-8,13H,5-6H2,1-4H3,(H,18,19). The van der Waals surface area contributed by atoms with Crippen molar-refractivity contribution in [3.63, 3.8) is 0 Å². The quantitative estimate of drug-likeness (QED) is 0.852. The number of benzene rings is 1. The highest BCUT2D eigenvalue weighted by atomic mass is 16.1. The smallest absolute Gasteiger partial charge is 0.160 e. The van der Waals surface area contributed by atoms with Crippen LogP contribution >= 0.6 is 0 Å². The number of carbonyl (C=O) groups excluding carboxylic acids is 1. The number of hydrogen-bond donors (Lipinski definition) is 1. The Labute approximate surface area is 119 Å². The first-order chi connectivity index (χ1) is 9.49. The molecule has 0 aliphatic heterocycles. The maximum Gasteiger partial charge on any atom is 0.160 e. The van der Waals surface area contributed by atoms with Gasteiger partial charge in [0.05, 0.1) is 5.69 Å². The van der Waals surface area contributed by atoms with Gasteiger partial charge in [-0.1, -0.05) is 6.07 Å². The lowest BCUT2D eigenvalue weighted by Gasteiger charge is -2.10. The number of ketones is 1. The molecular weight excluding hydrogens is 248 g/mol. The summed E-state index contributed by atoms with van der Waals surface area (Å²) in [6, 6.07) is 4.07. The van der Waals surface area contributed by atoms with Gasteiger partial charge in [0.25, 0.3) is 0 Å². The first-order valence-electron chi connectivity index (χ1n) is 7.16. The maximum absolute atomic E-state index is 11.7. The monoisotopic (exact) mass is 268 g/mol. The number of hydrogen-bond acceptors (Lipinski definition) is 2. The van der Waals surface area contributed by atoms with E-state index < -0.39 is 0 Å². The summed E-state index contributed by atoms with van der Waals surface area (Å²) in [6.07, 6.45) is 2.52. The molecule has 1 fully saturated rings. The van der Waals surface area contributed by atoms with E-state index in [1.165, 1.54) is 29.7 Å². The fourth-order valence-corrected chi connectivity index (χ4v) is 2.93. The van der Waals surface area contributed by atoms with Gasteiger partial charge in [0, 0.05) is 22.7 Å². The van der Waals surface area contributed by atoms with Crippen molar-refractivity contribution in [2.24, 2.45) is 0 Å². The fraction of sp³-hybridized carbons (Fsp3) is 0.412. The highest BCUT2D eigenvalue weighted by Crippen LogP contribution is 2.42. The molecular formula is C17H20N2O. The molecule has 20 heavy (non-hydrogen) atoms. The molecule has 2 aromatic rings. The topological polar surface area (TPSA) is 45.8 Å². The van der Waals surface area contributed by atoms with Crippen molar-refractivity contribution < 1.29 is 4.79 Å². The lowest BCUT2D eigenvalue weighted by atomic mass is 9.94. The van der Waals surface area contributed by atoms with E-state index >= 15 is 0 Å². The number of carbonyl (C=O) groups is 1. The van der Waals surface area contributed by atoms with Crippen LogP contribution in [0.25, 0.3) is 11.3 Å². The van der Waals surface area contributed by atoms with E-state index in [0.29, 0.717) is 5.92 Å². The Balaban J connectivity index is 2.14. The van der Waals surface area contributed by atoms with Gasteiger partial charge in [-0.15, -0.1) is 0 Å². The summed E-state index contributed by atoms with van der Waals surface area (Å²) >= 11 is 0. The van der Waals surface area contributed by atoms with Crippen molar-refractivity contribution in [1.82, 2.24) is 10.2 Å². The molecule has 3 heteroatoms. The average molecular weight is 268 g/mol. The number of rotatable bonds is 3. The first kappa shape index (κ1) is 13.1. The number of Topliss-reactive ketones (excluding diaryl/α,β-unsaturated/α-hetero) is 1. The van der Waals surface area contributed by atoms with Crippen LogP contribution in [0.1, 0.15) is 58.4 Å². The zero-order valence-corrected chi connectivity index (χ0v) is 12.5. The minimum Gasteiger partial charge on any atom is -0.295 e. The molecule has 0 atom stereocenters. The Bertz CT molecular complexity index is 693. The van der Waals surface area contributed by atoms with Crippen LogP contribution in [-0.4, -0.2) is 16.0 Å². The van der Waals surface area contributed by atoms with Crippen LogP contribution in [0.3, 0.4) is 0 Å². The summed E-state index contributed by atoms with van der Waals surface area (Å²) in [6.45, 7) is 7.81. The largest absolute Gasteiger partial charge is 0.295 e. The van der Waals surface area contributed by atoms with Gasteiger partial charge in [-0.2, -0.15) is 5.10 Å². The first-order valence-corrected chi connectivity index (χ1v) is 7.16. The molecule has 1 aromatic carbocycles. The SMILES string of the molecule is CC(=O)c1cc(-c2n[nH]c(C3CC3)c2C)c(C)cc1C. The number of aryl methyl sites for hydroxylation is 2. The van der Waals surface area contributed by atoms with E-state index in [4.69, 9.17) is 0 Å². The summed E-state index contributed by atoms with van der Waals surface area (Å²) in [7, 11) is 0. The van der Waals surface area contributed by atoms with E-state index in [2.05, 4.69) is 30.1 Å². The molecule has 1 heterocycles. The van der Waals surface area contributed by atoms with E-state index in [1.807, 2.05) is 13.0 Å². The lowest BCUT2D eigenvalue weighted by Crippen LogP contribution is -1.99. The Morgan fingerprint density at radius 1 is 1.20 bits per heavy atom. The lowest BCUT2D eigenvalue weighted by molar-refractivity contribution is 0.101. The molecule has 0 spiro atoms. The van der Waals surface area contributed by atoms with Crippen molar-refractivity contribution >= 4 is 5.78 Å². The average Bonchev–Trinajstić information content (AvgIpc) is 3.14. The molecule has 1 aliphatic carbocycles. The Morgan fingerprint density at radius 3 is 2.50 bits per heavy atom. The molecule has 0 unspecified atom stereocenters. The number of H-pyrrole nitrogens is 1. The second kappa shape index (κ2) is 4.58. The van der Waals surface area contributed by atoms with E-state index in [1.54, 1.807) is 6.92 Å². The van der Waals surface area contributed by atoms with Crippen LogP contribution in [0.15, 0.2) is 12.1 Å². The van der Waals surface area contributed by atoms with Crippen LogP contribution in [0.5, 0.6) is 0 Å². The third kappa shape index (κ3) is 2.07. The molecule has 3 nitrogen and oxygen atoms in total. The van der Waals surface area contributed by atoms with Crippen molar-refractivity contribution in [1.29, 1.82) is 0 Å². The Morgan fingerprint density at radius 2 is 1.90 bits per heavy atom. The van der Waals surface area contributed by atoms with Gasteiger partial charge in [-0.05, 0) is 63.3 Å². The third-order valence-corrected chi connectivity index (χ3v) is 4.24. The molecule has 0 amide bonds. The van der Waals surface area contributed by atoms with Crippen molar-refractivity contribution in [3.05, 3.63) is 40.1 Å². The minimum absolute atomic E-state index is 0.111. The number of aromatic amines is 1. The summed E-state index contributed by atoms with van der Waals surface area (Å²) in [5.74, 6) is 0.772. The fourth-order valence-electron chi connectivity index (χ4n) is 2.93. The van der Waals surface area contributed by atoms with Crippen LogP contribution in [0.2, 0.25) is 0 Å². The minimum atomic E-state index is 0.111. The zero-order valence-electron chi connectivity index (χ0n) is 12.5. The molecule has 104 valence electrons. The van der Waals surface area contributed by atoms with Gasteiger partial charge in [0.1, 0.15) is 0 Å². The molecule has 1 saturated carbocycles. The van der Waals surface area contributed by atoms with Gasteiger partial charge in [-0.3, -0.25) is 9.89 Å². The molecule has 1 aliphatic rings. The molecule has 0 bridgehead atoms. The second-order valence-electron chi connectivity index (χ2n) is 5.92. The van der Waals surface area contributed by atoms with Crippen LogP contribution in [-0.2, 0) is 0 Å². The predicted octanol–water partition coefficient (Wildman–Crippen LogP) is 4.08. The van der Waals surface area contributed by atoms with Gasteiger partial charge < -0.3 is 0 Å². The summed E-state index contributed by atoms with van der Waals surface area (Å²) in [4.78, 5) is 11.7. The second-order valence-corrected chi connectivity index (χ2v) is 5.92.